The fourth-order valence-electron chi connectivity index (χ4n) is 13.6. The second-order valence-electron chi connectivity index (χ2n) is 26.6. The van der Waals surface area contributed by atoms with Gasteiger partial charge in [0.15, 0.2) is 11.4 Å². The number of ether oxygens (including phenoxy) is 3. The van der Waals surface area contributed by atoms with Gasteiger partial charge < -0.3 is 19.3 Å². The van der Waals surface area contributed by atoms with E-state index in [9.17, 15) is 5.11 Å². The van der Waals surface area contributed by atoms with E-state index < -0.39 is 17.0 Å². The van der Waals surface area contributed by atoms with Gasteiger partial charge in [0.05, 0.1) is 0 Å². The molecule has 0 aromatic heterocycles. The Morgan fingerprint density at radius 3 is 0.637 bits per heavy atom. The molecule has 0 radical (unpaired) electrons. The minimum atomic E-state index is -1.42. The SMILES string of the molecule is CCCCCCCCCCCCOC(CCCCCCCCCCCC)(CCCCCCCCCCCC)C(CCCCCCCCCCCC)(OCCCCCCCCCCCC)C(O)(CCCCCCCCCCCC)OC. The fourth-order valence-corrected chi connectivity index (χ4v) is 13.6. The van der Waals surface area contributed by atoms with E-state index in [1.165, 1.54) is 340 Å². The van der Waals surface area contributed by atoms with E-state index in [0.29, 0.717) is 13.0 Å². The molecule has 1 N–H and O–H groups in total. The van der Waals surface area contributed by atoms with Crippen molar-refractivity contribution in [1.29, 1.82) is 0 Å². The summed E-state index contributed by atoms with van der Waals surface area (Å²) in [4.78, 5) is 0. The first-order chi connectivity index (χ1) is 39.4. The molecule has 0 aliphatic carbocycles. The summed E-state index contributed by atoms with van der Waals surface area (Å²) in [5.74, 6) is -1.42. The second-order valence-corrected chi connectivity index (χ2v) is 26.6. The van der Waals surface area contributed by atoms with Crippen molar-refractivity contribution in [2.24, 2.45) is 0 Å². The first-order valence-electron chi connectivity index (χ1n) is 38.0. The first kappa shape index (κ1) is 79.8. The van der Waals surface area contributed by atoms with E-state index in [4.69, 9.17) is 14.2 Å². The minimum Gasteiger partial charge on any atom is -0.372 e. The van der Waals surface area contributed by atoms with Crippen LogP contribution in [0.5, 0.6) is 0 Å². The third-order valence-electron chi connectivity index (χ3n) is 19.0. The molecule has 0 bridgehead atoms. The van der Waals surface area contributed by atoms with Crippen molar-refractivity contribution >= 4 is 0 Å². The highest BCUT2D eigenvalue weighted by molar-refractivity contribution is 5.11. The van der Waals surface area contributed by atoms with Crippen LogP contribution in [0, 0.1) is 0 Å². The number of hydrogen-bond donors (Lipinski definition) is 1. The summed E-state index contributed by atoms with van der Waals surface area (Å²) in [6, 6.07) is 0. The molecule has 0 saturated carbocycles. The Labute approximate surface area is 506 Å². The largest absolute Gasteiger partial charge is 0.372 e. The lowest BCUT2D eigenvalue weighted by molar-refractivity contribution is -0.365. The maximum Gasteiger partial charge on any atom is 0.197 e. The molecule has 2 atom stereocenters. The molecule has 0 spiro atoms. The van der Waals surface area contributed by atoms with Crippen molar-refractivity contribution in [3.8, 4) is 0 Å². The lowest BCUT2D eigenvalue weighted by Gasteiger charge is -2.57. The van der Waals surface area contributed by atoms with Crippen LogP contribution in [-0.4, -0.2) is 42.4 Å². The van der Waals surface area contributed by atoms with Crippen LogP contribution in [0.15, 0.2) is 0 Å². The maximum atomic E-state index is 14.0. The molecular weight excluding hydrogens is 977 g/mol. The van der Waals surface area contributed by atoms with Crippen molar-refractivity contribution in [2.75, 3.05) is 20.3 Å². The lowest BCUT2D eigenvalue weighted by atomic mass is 9.66. The Kier molecular flexibility index (Phi) is 63.2. The third-order valence-corrected chi connectivity index (χ3v) is 19.0. The normalized spacial score (nSPS) is 13.7. The molecule has 2 unspecified atom stereocenters. The van der Waals surface area contributed by atoms with E-state index in [1.54, 1.807) is 0 Å². The van der Waals surface area contributed by atoms with Crippen LogP contribution in [0.3, 0.4) is 0 Å². The Bertz CT molecular complexity index is 1120. The number of unbranched alkanes of at least 4 members (excludes halogenated alkanes) is 54. The Hall–Kier alpha value is -0.160. The highest BCUT2D eigenvalue weighted by Gasteiger charge is 2.64. The summed E-state index contributed by atoms with van der Waals surface area (Å²) in [5, 5.41) is 14.0. The molecule has 0 heterocycles. The zero-order valence-corrected chi connectivity index (χ0v) is 56.8. The van der Waals surface area contributed by atoms with Gasteiger partial charge >= 0.3 is 0 Å². The standard InChI is InChI=1S/C76H154O4/c1-8-14-20-26-32-38-44-50-56-62-68-74(69-63-57-51-45-39-33-27-21-15-9-2,79-72-66-60-54-48-42-36-30-24-18-12-5)75(70-64-58-52-46-40-34-28-22-16-10-3,80-73-67-61-55-49-43-37-31-25-19-13-6)76(77,78-7)71-65-59-53-47-41-35-29-23-17-11-4/h77H,8-73H2,1-7H3. The molecule has 0 aromatic rings. The Morgan fingerprint density at radius 1 is 0.212 bits per heavy atom. The van der Waals surface area contributed by atoms with Gasteiger partial charge in [-0.15, -0.1) is 0 Å². The van der Waals surface area contributed by atoms with Gasteiger partial charge in [-0.2, -0.15) is 0 Å². The molecule has 0 amide bonds. The predicted octanol–water partition coefficient (Wildman–Crippen LogP) is 26.9. The van der Waals surface area contributed by atoms with Gasteiger partial charge in [-0.25, -0.2) is 0 Å². The number of hydrogen-bond acceptors (Lipinski definition) is 4. The van der Waals surface area contributed by atoms with Crippen LogP contribution < -0.4 is 0 Å². The maximum absolute atomic E-state index is 14.0. The van der Waals surface area contributed by atoms with Gasteiger partial charge in [-0.1, -0.05) is 408 Å². The first-order valence-corrected chi connectivity index (χ1v) is 38.0. The Morgan fingerprint density at radius 2 is 0.400 bits per heavy atom. The zero-order valence-electron chi connectivity index (χ0n) is 56.8. The molecular formula is C76H154O4. The van der Waals surface area contributed by atoms with E-state index in [0.717, 1.165) is 70.8 Å². The van der Waals surface area contributed by atoms with Crippen molar-refractivity contribution in [3.05, 3.63) is 0 Å². The average molecular weight is 1130 g/mol. The molecule has 0 rings (SSSR count). The van der Waals surface area contributed by atoms with E-state index in [2.05, 4.69) is 41.5 Å². The van der Waals surface area contributed by atoms with Crippen LogP contribution in [0.2, 0.25) is 0 Å². The summed E-state index contributed by atoms with van der Waals surface area (Å²) in [6.45, 7) is 15.4. The van der Waals surface area contributed by atoms with E-state index in [1.807, 2.05) is 7.11 Å². The van der Waals surface area contributed by atoms with Crippen molar-refractivity contribution in [2.45, 2.75) is 469 Å². The van der Waals surface area contributed by atoms with Gasteiger partial charge in [0.2, 0.25) is 0 Å². The monoisotopic (exact) mass is 1130 g/mol. The van der Waals surface area contributed by atoms with Crippen molar-refractivity contribution < 1.29 is 19.3 Å². The number of rotatable bonds is 71. The third kappa shape index (κ3) is 45.2. The van der Waals surface area contributed by atoms with Gasteiger partial charge in [-0.05, 0) is 38.5 Å². The molecule has 0 aliphatic rings. The van der Waals surface area contributed by atoms with Gasteiger partial charge in [0, 0.05) is 26.7 Å². The molecule has 4 nitrogen and oxygen atoms in total. The Balaban J connectivity index is 7.23. The van der Waals surface area contributed by atoms with Gasteiger partial charge in [-0.3, -0.25) is 0 Å². The lowest BCUT2D eigenvalue weighted by Crippen LogP contribution is -2.71. The summed E-state index contributed by atoms with van der Waals surface area (Å²) in [7, 11) is 1.85. The molecule has 0 saturated heterocycles. The highest BCUT2D eigenvalue weighted by atomic mass is 16.7. The van der Waals surface area contributed by atoms with Crippen LogP contribution >= 0.6 is 0 Å². The van der Waals surface area contributed by atoms with Gasteiger partial charge in [0.1, 0.15) is 5.60 Å². The number of methoxy groups -OCH3 is 1. The highest BCUT2D eigenvalue weighted by Crippen LogP contribution is 2.51. The summed E-state index contributed by atoms with van der Waals surface area (Å²) >= 11 is 0. The number of aliphatic hydroxyl groups is 1. The van der Waals surface area contributed by atoms with Crippen LogP contribution in [-0.2, 0) is 14.2 Å². The summed E-state index contributed by atoms with van der Waals surface area (Å²) in [5.41, 5.74) is -1.53. The van der Waals surface area contributed by atoms with Crippen molar-refractivity contribution in [1.82, 2.24) is 0 Å². The second kappa shape index (κ2) is 63.3. The molecule has 0 fully saturated rings. The van der Waals surface area contributed by atoms with E-state index >= 15 is 0 Å². The quantitative estimate of drug-likeness (QED) is 0.0487. The van der Waals surface area contributed by atoms with Crippen LogP contribution in [0.1, 0.15) is 452 Å². The minimum absolute atomic E-state index is 0.604. The average Bonchev–Trinajstić information content (AvgIpc) is 3.60. The zero-order chi connectivity index (χ0) is 58.3. The summed E-state index contributed by atoms with van der Waals surface area (Å²) in [6.07, 6.45) is 82.3. The van der Waals surface area contributed by atoms with Crippen LogP contribution in [0.4, 0.5) is 0 Å². The molecule has 80 heavy (non-hydrogen) atoms. The smallest absolute Gasteiger partial charge is 0.197 e. The summed E-state index contributed by atoms with van der Waals surface area (Å²) < 4.78 is 22.6. The molecule has 0 aliphatic heterocycles. The molecule has 4 heteroatoms. The predicted molar refractivity (Wildman–Crippen MR) is 359 cm³/mol. The van der Waals surface area contributed by atoms with Crippen LogP contribution in [0.25, 0.3) is 0 Å². The van der Waals surface area contributed by atoms with Crippen molar-refractivity contribution in [3.63, 3.8) is 0 Å². The molecule has 0 aromatic carbocycles. The van der Waals surface area contributed by atoms with Gasteiger partial charge in [0.25, 0.3) is 0 Å². The van der Waals surface area contributed by atoms with E-state index in [-0.39, 0.29) is 0 Å². The molecule has 482 valence electrons. The fraction of sp³-hybridized carbons (Fsp3) is 1.00. The topological polar surface area (TPSA) is 47.9 Å².